The van der Waals surface area contributed by atoms with Gasteiger partial charge < -0.3 is 15.4 Å². The van der Waals surface area contributed by atoms with E-state index in [4.69, 9.17) is 4.74 Å². The first-order valence-electron chi connectivity index (χ1n) is 7.98. The first-order chi connectivity index (χ1) is 12.1. The molecule has 0 aliphatic rings. The van der Waals surface area contributed by atoms with Crippen LogP contribution in [-0.2, 0) is 0 Å². The fourth-order valence-electron chi connectivity index (χ4n) is 2.21. The van der Waals surface area contributed by atoms with Crippen molar-refractivity contribution in [3.05, 3.63) is 65.3 Å². The van der Waals surface area contributed by atoms with Crippen molar-refractivity contribution in [1.29, 1.82) is 0 Å². The summed E-state index contributed by atoms with van der Waals surface area (Å²) in [5.41, 5.74) is 1.84. The number of anilines is 4. The highest BCUT2D eigenvalue weighted by Gasteiger charge is 2.04. The average Bonchev–Trinajstić information content (AvgIpc) is 2.59. The fraction of sp³-hybridized carbons (Fsp3) is 0.158. The number of nitrogens with one attached hydrogen (secondary N) is 2. The van der Waals surface area contributed by atoms with E-state index in [1.807, 2.05) is 68.4 Å². The van der Waals surface area contributed by atoms with Crippen LogP contribution in [0.25, 0.3) is 0 Å². The van der Waals surface area contributed by atoms with Crippen LogP contribution in [0.15, 0.2) is 65.3 Å². The molecule has 0 aliphatic heterocycles. The van der Waals surface area contributed by atoms with Crippen molar-refractivity contribution in [1.82, 2.24) is 9.97 Å². The number of benzene rings is 2. The molecular weight excluding hydrogens is 380 g/mol. The number of ether oxygens (including phenoxy) is 1. The molecule has 3 aromatic rings. The Morgan fingerprint density at radius 1 is 0.960 bits per heavy atom. The molecule has 0 atom stereocenters. The molecule has 0 amide bonds. The molecule has 2 N–H and O–H groups in total. The standard InChI is InChI=1S/C19H19BrN4O/c1-13(2)25-15-9-7-14(8-10-15)22-18-11-12-21-19(24-18)23-17-6-4-3-5-16(17)20/h3-13H,1-2H3,(H2,21,22,23,24). The summed E-state index contributed by atoms with van der Waals surface area (Å²) in [6.07, 6.45) is 1.87. The van der Waals surface area contributed by atoms with Crippen LogP contribution in [0.1, 0.15) is 13.8 Å². The lowest BCUT2D eigenvalue weighted by atomic mass is 10.3. The summed E-state index contributed by atoms with van der Waals surface area (Å²) < 4.78 is 6.60. The van der Waals surface area contributed by atoms with Gasteiger partial charge in [0.15, 0.2) is 0 Å². The predicted molar refractivity (Wildman–Crippen MR) is 105 cm³/mol. The van der Waals surface area contributed by atoms with E-state index in [-0.39, 0.29) is 6.10 Å². The first-order valence-corrected chi connectivity index (χ1v) is 8.78. The molecule has 0 spiro atoms. The third-order valence-electron chi connectivity index (χ3n) is 3.27. The van der Waals surface area contributed by atoms with Gasteiger partial charge >= 0.3 is 0 Å². The van der Waals surface area contributed by atoms with E-state index >= 15 is 0 Å². The zero-order valence-corrected chi connectivity index (χ0v) is 15.6. The van der Waals surface area contributed by atoms with E-state index in [0.717, 1.165) is 21.6 Å². The Labute approximate surface area is 155 Å². The van der Waals surface area contributed by atoms with Crippen LogP contribution < -0.4 is 15.4 Å². The Morgan fingerprint density at radius 3 is 2.44 bits per heavy atom. The van der Waals surface area contributed by atoms with Crippen molar-refractivity contribution >= 4 is 39.1 Å². The SMILES string of the molecule is CC(C)Oc1ccc(Nc2ccnc(Nc3ccccc3Br)n2)cc1. The normalized spacial score (nSPS) is 10.6. The minimum absolute atomic E-state index is 0.159. The third kappa shape index (κ3) is 4.93. The third-order valence-corrected chi connectivity index (χ3v) is 3.97. The van der Waals surface area contributed by atoms with Crippen LogP contribution in [0.4, 0.5) is 23.1 Å². The Hall–Kier alpha value is -2.60. The van der Waals surface area contributed by atoms with Gasteiger partial charge in [-0.25, -0.2) is 4.98 Å². The van der Waals surface area contributed by atoms with E-state index in [2.05, 4.69) is 36.5 Å². The topological polar surface area (TPSA) is 59.1 Å². The van der Waals surface area contributed by atoms with E-state index in [1.54, 1.807) is 6.20 Å². The van der Waals surface area contributed by atoms with E-state index < -0.39 is 0 Å². The van der Waals surface area contributed by atoms with Crippen LogP contribution in [0.3, 0.4) is 0 Å². The van der Waals surface area contributed by atoms with Crippen molar-refractivity contribution in [2.75, 3.05) is 10.6 Å². The molecular formula is C19H19BrN4O. The first kappa shape index (κ1) is 17.2. The molecule has 0 radical (unpaired) electrons. The van der Waals surface area contributed by atoms with Crippen LogP contribution >= 0.6 is 15.9 Å². The quantitative estimate of drug-likeness (QED) is 0.572. The highest BCUT2D eigenvalue weighted by molar-refractivity contribution is 9.10. The van der Waals surface area contributed by atoms with Crippen molar-refractivity contribution in [3.63, 3.8) is 0 Å². The van der Waals surface area contributed by atoms with Crippen LogP contribution in [0.2, 0.25) is 0 Å². The summed E-state index contributed by atoms with van der Waals surface area (Å²) in [6.45, 7) is 4.01. The summed E-state index contributed by atoms with van der Waals surface area (Å²) in [7, 11) is 0. The molecule has 1 aromatic heterocycles. The summed E-state index contributed by atoms with van der Waals surface area (Å²) in [6, 6.07) is 17.4. The number of aromatic nitrogens is 2. The van der Waals surface area contributed by atoms with E-state index in [0.29, 0.717) is 11.8 Å². The minimum Gasteiger partial charge on any atom is -0.491 e. The maximum atomic E-state index is 5.65. The fourth-order valence-corrected chi connectivity index (χ4v) is 2.59. The van der Waals surface area contributed by atoms with Gasteiger partial charge in [-0.1, -0.05) is 12.1 Å². The van der Waals surface area contributed by atoms with Gasteiger partial charge in [0.25, 0.3) is 0 Å². The number of para-hydroxylation sites is 1. The van der Waals surface area contributed by atoms with Gasteiger partial charge in [0.1, 0.15) is 11.6 Å². The number of halogens is 1. The summed E-state index contributed by atoms with van der Waals surface area (Å²) in [5, 5.41) is 6.47. The maximum Gasteiger partial charge on any atom is 0.229 e. The van der Waals surface area contributed by atoms with E-state index in [1.165, 1.54) is 0 Å². The zero-order chi connectivity index (χ0) is 17.6. The summed E-state index contributed by atoms with van der Waals surface area (Å²) in [5.74, 6) is 2.08. The zero-order valence-electron chi connectivity index (χ0n) is 14.0. The van der Waals surface area contributed by atoms with Crippen molar-refractivity contribution in [2.45, 2.75) is 20.0 Å². The van der Waals surface area contributed by atoms with Crippen LogP contribution in [-0.4, -0.2) is 16.1 Å². The average molecular weight is 399 g/mol. The van der Waals surface area contributed by atoms with Gasteiger partial charge in [0.05, 0.1) is 11.8 Å². The Bertz CT molecular complexity index is 837. The molecule has 0 saturated carbocycles. The summed E-state index contributed by atoms with van der Waals surface area (Å²) in [4.78, 5) is 8.75. The van der Waals surface area contributed by atoms with E-state index in [9.17, 15) is 0 Å². The lowest BCUT2D eigenvalue weighted by molar-refractivity contribution is 0.242. The van der Waals surface area contributed by atoms with Crippen molar-refractivity contribution in [2.24, 2.45) is 0 Å². The molecule has 25 heavy (non-hydrogen) atoms. The maximum absolute atomic E-state index is 5.65. The Kier molecular flexibility index (Phi) is 5.50. The Morgan fingerprint density at radius 2 is 1.72 bits per heavy atom. The molecule has 0 saturated heterocycles. The number of nitrogens with zero attached hydrogens (tertiary/aromatic N) is 2. The number of rotatable bonds is 6. The highest BCUT2D eigenvalue weighted by Crippen LogP contribution is 2.25. The molecule has 3 rings (SSSR count). The minimum atomic E-state index is 0.159. The smallest absolute Gasteiger partial charge is 0.229 e. The number of hydrogen-bond acceptors (Lipinski definition) is 5. The molecule has 1 heterocycles. The second-order valence-electron chi connectivity index (χ2n) is 5.69. The van der Waals surface area contributed by atoms with Gasteiger partial charge in [-0.05, 0) is 72.2 Å². The molecule has 128 valence electrons. The summed E-state index contributed by atoms with van der Waals surface area (Å²) >= 11 is 3.50. The van der Waals surface area contributed by atoms with Gasteiger partial charge in [-0.15, -0.1) is 0 Å². The molecule has 5 nitrogen and oxygen atoms in total. The van der Waals surface area contributed by atoms with Crippen LogP contribution in [0.5, 0.6) is 5.75 Å². The van der Waals surface area contributed by atoms with Crippen LogP contribution in [0, 0.1) is 0 Å². The van der Waals surface area contributed by atoms with Gasteiger partial charge in [0.2, 0.25) is 5.95 Å². The van der Waals surface area contributed by atoms with Crippen molar-refractivity contribution in [3.8, 4) is 5.75 Å². The number of hydrogen-bond donors (Lipinski definition) is 2. The molecule has 0 unspecified atom stereocenters. The van der Waals surface area contributed by atoms with Gasteiger partial charge in [-0.3, -0.25) is 0 Å². The lowest BCUT2D eigenvalue weighted by Crippen LogP contribution is -2.05. The molecule has 6 heteroatoms. The second-order valence-corrected chi connectivity index (χ2v) is 6.54. The molecule has 0 fully saturated rings. The Balaban J connectivity index is 1.70. The monoisotopic (exact) mass is 398 g/mol. The second kappa shape index (κ2) is 7.98. The van der Waals surface area contributed by atoms with Gasteiger partial charge in [0, 0.05) is 16.4 Å². The molecule has 2 aromatic carbocycles. The largest absolute Gasteiger partial charge is 0.491 e. The van der Waals surface area contributed by atoms with Crippen molar-refractivity contribution < 1.29 is 4.74 Å². The molecule has 0 bridgehead atoms. The molecule has 0 aliphatic carbocycles. The predicted octanol–water partition coefficient (Wildman–Crippen LogP) is 5.51. The van der Waals surface area contributed by atoms with Gasteiger partial charge in [-0.2, -0.15) is 4.98 Å². The lowest BCUT2D eigenvalue weighted by Gasteiger charge is -2.11. The highest BCUT2D eigenvalue weighted by atomic mass is 79.9.